The predicted octanol–water partition coefficient (Wildman–Crippen LogP) is 5.46. The van der Waals surface area contributed by atoms with Gasteiger partial charge in [-0.15, -0.1) is 0 Å². The minimum absolute atomic E-state index is 0.00874. The van der Waals surface area contributed by atoms with Crippen molar-refractivity contribution >= 4 is 23.5 Å². The van der Waals surface area contributed by atoms with Crippen LogP contribution in [0.15, 0.2) is 48.5 Å². The molecule has 31 heavy (non-hydrogen) atoms. The number of amides is 2. The molecule has 0 saturated heterocycles. The van der Waals surface area contributed by atoms with E-state index < -0.39 is 5.97 Å². The number of nitrogens with zero attached hydrogens (tertiary/aromatic N) is 1. The minimum atomic E-state index is -0.867. The number of carbonyl (C=O) groups is 3. The number of para-hydroxylation sites is 2. The van der Waals surface area contributed by atoms with Crippen LogP contribution in [-0.2, 0) is 4.79 Å². The summed E-state index contributed by atoms with van der Waals surface area (Å²) in [5.41, 5.74) is 1.14. The Bertz CT molecular complexity index is 904. The first-order chi connectivity index (χ1) is 15.0. The summed E-state index contributed by atoms with van der Waals surface area (Å²) in [6.07, 6.45) is 6.32. The summed E-state index contributed by atoms with van der Waals surface area (Å²) >= 11 is 0. The minimum Gasteiger partial charge on any atom is -0.488 e. The third-order valence-corrected chi connectivity index (χ3v) is 5.50. The molecule has 1 atom stereocenters. The third kappa shape index (κ3) is 5.51. The van der Waals surface area contributed by atoms with Crippen LogP contribution in [-0.4, -0.2) is 29.0 Å². The van der Waals surface area contributed by atoms with Gasteiger partial charge in [-0.3, -0.25) is 14.4 Å². The van der Waals surface area contributed by atoms with E-state index in [9.17, 15) is 14.4 Å². The van der Waals surface area contributed by atoms with Crippen LogP contribution >= 0.6 is 0 Å². The molecule has 0 aromatic heterocycles. The van der Waals surface area contributed by atoms with Gasteiger partial charge >= 0.3 is 5.97 Å². The predicted molar refractivity (Wildman–Crippen MR) is 119 cm³/mol. The SMILES string of the molecule is CCCCCCCC(CCC(=O)O)Oc1ccccc1N1C(=O)c2ccccc2C1=O. The molecule has 0 fully saturated rings. The second-order valence-corrected chi connectivity index (χ2v) is 7.83. The summed E-state index contributed by atoms with van der Waals surface area (Å²) in [5, 5.41) is 9.11. The second-order valence-electron chi connectivity index (χ2n) is 7.83. The molecule has 6 nitrogen and oxygen atoms in total. The number of aliphatic carboxylic acids is 1. The summed E-state index contributed by atoms with van der Waals surface area (Å²) < 4.78 is 6.20. The lowest BCUT2D eigenvalue weighted by Crippen LogP contribution is -2.30. The number of hydrogen-bond donors (Lipinski definition) is 1. The largest absolute Gasteiger partial charge is 0.488 e. The molecule has 0 spiro atoms. The molecule has 0 aliphatic carbocycles. The molecule has 1 N–H and O–H groups in total. The maximum Gasteiger partial charge on any atom is 0.303 e. The summed E-state index contributed by atoms with van der Waals surface area (Å²) in [7, 11) is 0. The van der Waals surface area contributed by atoms with Crippen molar-refractivity contribution in [3.8, 4) is 5.75 Å². The molecular formula is C25H29NO5. The van der Waals surface area contributed by atoms with E-state index in [-0.39, 0.29) is 24.3 Å². The number of carbonyl (C=O) groups excluding carboxylic acids is 2. The fourth-order valence-electron chi connectivity index (χ4n) is 3.85. The Kier molecular flexibility index (Phi) is 7.82. The van der Waals surface area contributed by atoms with Crippen LogP contribution in [0.25, 0.3) is 0 Å². The van der Waals surface area contributed by atoms with E-state index in [1.807, 2.05) is 0 Å². The first-order valence-corrected chi connectivity index (χ1v) is 11.0. The van der Waals surface area contributed by atoms with Gasteiger partial charge in [-0.05, 0) is 43.5 Å². The highest BCUT2D eigenvalue weighted by Crippen LogP contribution is 2.36. The summed E-state index contributed by atoms with van der Waals surface area (Å²) in [5.74, 6) is -1.20. The summed E-state index contributed by atoms with van der Waals surface area (Å²) in [6.45, 7) is 2.16. The van der Waals surface area contributed by atoms with Crippen LogP contribution in [0, 0.1) is 0 Å². The monoisotopic (exact) mass is 423 g/mol. The van der Waals surface area contributed by atoms with Crippen LogP contribution in [0.5, 0.6) is 5.75 Å². The smallest absolute Gasteiger partial charge is 0.303 e. The van der Waals surface area contributed by atoms with E-state index in [2.05, 4.69) is 6.92 Å². The van der Waals surface area contributed by atoms with Crippen molar-refractivity contribution < 1.29 is 24.2 Å². The molecule has 2 amide bonds. The van der Waals surface area contributed by atoms with Gasteiger partial charge in [0.2, 0.25) is 0 Å². The number of unbranched alkanes of at least 4 members (excludes halogenated alkanes) is 4. The highest BCUT2D eigenvalue weighted by Gasteiger charge is 2.37. The molecule has 164 valence electrons. The number of anilines is 1. The van der Waals surface area contributed by atoms with Gasteiger partial charge in [-0.2, -0.15) is 0 Å². The van der Waals surface area contributed by atoms with Gasteiger partial charge in [0.15, 0.2) is 0 Å². The van der Waals surface area contributed by atoms with E-state index in [0.717, 1.165) is 37.0 Å². The molecule has 2 aromatic rings. The van der Waals surface area contributed by atoms with Crippen LogP contribution in [0.3, 0.4) is 0 Å². The normalized spacial score (nSPS) is 13.9. The summed E-state index contributed by atoms with van der Waals surface area (Å²) in [4.78, 5) is 38.1. The van der Waals surface area contributed by atoms with Crippen LogP contribution in [0.4, 0.5) is 5.69 Å². The lowest BCUT2D eigenvalue weighted by atomic mass is 10.0. The Balaban J connectivity index is 1.78. The van der Waals surface area contributed by atoms with Crippen molar-refractivity contribution in [2.24, 2.45) is 0 Å². The molecule has 1 aliphatic heterocycles. The summed E-state index contributed by atoms with van der Waals surface area (Å²) in [6, 6.07) is 13.7. The molecule has 0 bridgehead atoms. The molecule has 2 aromatic carbocycles. The Morgan fingerprint density at radius 2 is 1.52 bits per heavy atom. The van der Waals surface area contributed by atoms with E-state index in [1.54, 1.807) is 48.5 Å². The van der Waals surface area contributed by atoms with Crippen molar-refractivity contribution in [3.05, 3.63) is 59.7 Å². The maximum atomic E-state index is 12.9. The van der Waals surface area contributed by atoms with Crippen molar-refractivity contribution in [1.29, 1.82) is 0 Å². The fraction of sp³-hybridized carbons (Fsp3) is 0.400. The van der Waals surface area contributed by atoms with Gasteiger partial charge in [-0.1, -0.05) is 56.9 Å². The van der Waals surface area contributed by atoms with Crippen LogP contribution in [0.2, 0.25) is 0 Å². The first kappa shape index (κ1) is 22.5. The number of hydrogen-bond acceptors (Lipinski definition) is 4. The molecule has 6 heteroatoms. The zero-order valence-electron chi connectivity index (χ0n) is 17.9. The second kappa shape index (κ2) is 10.8. The Morgan fingerprint density at radius 1 is 0.903 bits per heavy atom. The van der Waals surface area contributed by atoms with Gasteiger partial charge < -0.3 is 9.84 Å². The number of rotatable bonds is 12. The fourth-order valence-corrected chi connectivity index (χ4v) is 3.85. The van der Waals surface area contributed by atoms with Crippen LogP contribution < -0.4 is 9.64 Å². The average molecular weight is 424 g/mol. The zero-order chi connectivity index (χ0) is 22.2. The lowest BCUT2D eigenvalue weighted by molar-refractivity contribution is -0.137. The average Bonchev–Trinajstić information content (AvgIpc) is 3.02. The van der Waals surface area contributed by atoms with E-state index in [0.29, 0.717) is 29.0 Å². The highest BCUT2D eigenvalue weighted by molar-refractivity contribution is 6.34. The Labute approximate surface area is 182 Å². The molecule has 3 rings (SSSR count). The molecular weight excluding hydrogens is 394 g/mol. The first-order valence-electron chi connectivity index (χ1n) is 11.0. The quantitative estimate of drug-likeness (QED) is 0.362. The Morgan fingerprint density at radius 3 is 2.16 bits per heavy atom. The number of fused-ring (bicyclic) bond motifs is 1. The van der Waals surface area contributed by atoms with E-state index >= 15 is 0 Å². The van der Waals surface area contributed by atoms with Gasteiger partial charge in [0, 0.05) is 6.42 Å². The molecule has 0 radical (unpaired) electrons. The van der Waals surface area contributed by atoms with Gasteiger partial charge in [0.1, 0.15) is 5.75 Å². The lowest BCUT2D eigenvalue weighted by Gasteiger charge is -2.23. The standard InChI is InChI=1S/C25H29NO5/c1-2-3-4-5-6-11-18(16-17-23(27)28)31-22-15-10-9-14-21(22)26-24(29)19-12-7-8-13-20(19)25(26)30/h7-10,12-15,18H,2-6,11,16-17H2,1H3,(H,27,28). The molecule has 1 aliphatic rings. The molecule has 1 unspecified atom stereocenters. The van der Waals surface area contributed by atoms with Crippen molar-refractivity contribution in [2.75, 3.05) is 4.90 Å². The number of imide groups is 1. The third-order valence-electron chi connectivity index (χ3n) is 5.50. The van der Waals surface area contributed by atoms with Crippen molar-refractivity contribution in [2.45, 2.75) is 64.4 Å². The van der Waals surface area contributed by atoms with Crippen molar-refractivity contribution in [1.82, 2.24) is 0 Å². The van der Waals surface area contributed by atoms with Gasteiger partial charge in [-0.25, -0.2) is 4.90 Å². The van der Waals surface area contributed by atoms with E-state index in [4.69, 9.17) is 9.84 Å². The topological polar surface area (TPSA) is 83.9 Å². The molecule has 1 heterocycles. The highest BCUT2D eigenvalue weighted by atomic mass is 16.5. The molecule has 0 saturated carbocycles. The number of ether oxygens (including phenoxy) is 1. The number of carboxylic acid groups (broad SMARTS) is 1. The van der Waals surface area contributed by atoms with Crippen LogP contribution in [0.1, 0.15) is 79.0 Å². The van der Waals surface area contributed by atoms with Gasteiger partial charge in [0.05, 0.1) is 22.9 Å². The van der Waals surface area contributed by atoms with Crippen molar-refractivity contribution in [3.63, 3.8) is 0 Å². The van der Waals surface area contributed by atoms with E-state index in [1.165, 1.54) is 6.42 Å². The number of benzene rings is 2. The number of carboxylic acids is 1. The Hall–Kier alpha value is -3.15. The maximum absolute atomic E-state index is 12.9. The van der Waals surface area contributed by atoms with Gasteiger partial charge in [0.25, 0.3) is 11.8 Å². The zero-order valence-corrected chi connectivity index (χ0v) is 17.9.